The van der Waals surface area contributed by atoms with Crippen LogP contribution in [0.15, 0.2) is 42.5 Å². The number of rotatable bonds is 5. The number of aryl methyl sites for hydroxylation is 1. The molecule has 1 N–H and O–H groups in total. The molecule has 0 saturated heterocycles. The lowest BCUT2D eigenvalue weighted by atomic mass is 10.1. The third kappa shape index (κ3) is 3.14. The molecule has 3 heteroatoms. The van der Waals surface area contributed by atoms with Crippen LogP contribution in [0.25, 0.3) is 0 Å². The Hall–Kier alpha value is -1.51. The third-order valence-electron chi connectivity index (χ3n) is 3.34. The van der Waals surface area contributed by atoms with Crippen LogP contribution in [0.1, 0.15) is 18.1 Å². The molecule has 0 radical (unpaired) electrons. The van der Waals surface area contributed by atoms with Gasteiger partial charge in [0.05, 0.1) is 10.7 Å². The van der Waals surface area contributed by atoms with Crippen LogP contribution < -0.4 is 10.2 Å². The number of nitrogens with zero attached hydrogens (tertiary/aromatic N) is 1. The zero-order valence-electron chi connectivity index (χ0n) is 12.3. The van der Waals surface area contributed by atoms with E-state index in [2.05, 4.69) is 54.4 Å². The van der Waals surface area contributed by atoms with E-state index in [9.17, 15) is 0 Å². The first-order valence-electron chi connectivity index (χ1n) is 6.93. The van der Waals surface area contributed by atoms with Gasteiger partial charge in [-0.1, -0.05) is 35.9 Å². The molecule has 2 aromatic carbocycles. The molecule has 0 fully saturated rings. The molecule has 2 nitrogen and oxygen atoms in total. The van der Waals surface area contributed by atoms with Crippen LogP contribution >= 0.6 is 11.6 Å². The van der Waals surface area contributed by atoms with Crippen LogP contribution in [-0.2, 0) is 6.54 Å². The van der Waals surface area contributed by atoms with Gasteiger partial charge in [0, 0.05) is 18.8 Å². The smallest absolute Gasteiger partial charge is 0.0646 e. The van der Waals surface area contributed by atoms with Crippen LogP contribution in [0.3, 0.4) is 0 Å². The molecule has 106 valence electrons. The maximum Gasteiger partial charge on any atom is 0.0646 e. The summed E-state index contributed by atoms with van der Waals surface area (Å²) < 4.78 is 0. The van der Waals surface area contributed by atoms with Crippen molar-refractivity contribution in [2.45, 2.75) is 20.4 Å². The van der Waals surface area contributed by atoms with E-state index in [1.54, 1.807) is 0 Å². The first-order chi connectivity index (χ1) is 9.67. The van der Waals surface area contributed by atoms with Crippen LogP contribution in [0.5, 0.6) is 0 Å². The molecular weight excluding hydrogens is 268 g/mol. The van der Waals surface area contributed by atoms with Crippen LogP contribution in [0, 0.1) is 6.92 Å². The van der Waals surface area contributed by atoms with Gasteiger partial charge in [0.1, 0.15) is 0 Å². The highest BCUT2D eigenvalue weighted by Crippen LogP contribution is 2.35. The highest BCUT2D eigenvalue weighted by Gasteiger charge is 2.15. The standard InChI is InChI=1S/C17H21ClN2/c1-4-20(15-9-5-7-13(2)11-15)17-14(12-19-3)8-6-10-16(17)18/h5-11,19H,4,12H2,1-3H3. The number of hydrogen-bond acceptors (Lipinski definition) is 2. The quantitative estimate of drug-likeness (QED) is 0.870. The van der Waals surface area contributed by atoms with E-state index in [0.29, 0.717) is 0 Å². The van der Waals surface area contributed by atoms with Crippen molar-refractivity contribution in [1.29, 1.82) is 0 Å². The molecule has 0 aromatic heterocycles. The Morgan fingerprint density at radius 1 is 1.15 bits per heavy atom. The van der Waals surface area contributed by atoms with Gasteiger partial charge in [-0.05, 0) is 50.2 Å². The predicted molar refractivity (Wildman–Crippen MR) is 88.1 cm³/mol. The summed E-state index contributed by atoms with van der Waals surface area (Å²) in [7, 11) is 1.95. The number of hydrogen-bond donors (Lipinski definition) is 1. The minimum Gasteiger partial charge on any atom is -0.340 e. The summed E-state index contributed by atoms with van der Waals surface area (Å²) in [5.41, 5.74) is 4.74. The summed E-state index contributed by atoms with van der Waals surface area (Å²) in [6, 6.07) is 14.6. The van der Waals surface area contributed by atoms with E-state index < -0.39 is 0 Å². The van der Waals surface area contributed by atoms with Crippen molar-refractivity contribution in [2.24, 2.45) is 0 Å². The third-order valence-corrected chi connectivity index (χ3v) is 3.64. The highest BCUT2D eigenvalue weighted by atomic mass is 35.5. The van der Waals surface area contributed by atoms with Crippen LogP contribution in [-0.4, -0.2) is 13.6 Å². The van der Waals surface area contributed by atoms with Crippen LogP contribution in [0.2, 0.25) is 5.02 Å². The fraction of sp³-hybridized carbons (Fsp3) is 0.294. The summed E-state index contributed by atoms with van der Waals surface area (Å²) in [6.45, 7) is 5.94. The van der Waals surface area contributed by atoms with Gasteiger partial charge >= 0.3 is 0 Å². The van der Waals surface area contributed by atoms with Gasteiger partial charge in [-0.25, -0.2) is 0 Å². The fourth-order valence-electron chi connectivity index (χ4n) is 2.46. The number of halogens is 1. The van der Waals surface area contributed by atoms with E-state index in [1.807, 2.05) is 19.2 Å². The van der Waals surface area contributed by atoms with E-state index in [0.717, 1.165) is 23.8 Å². The predicted octanol–water partition coefficient (Wildman–Crippen LogP) is 4.53. The molecule has 20 heavy (non-hydrogen) atoms. The fourth-order valence-corrected chi connectivity index (χ4v) is 2.76. The van der Waals surface area contributed by atoms with E-state index in [-0.39, 0.29) is 0 Å². The number of nitrogens with one attached hydrogen (secondary N) is 1. The Morgan fingerprint density at radius 3 is 2.55 bits per heavy atom. The second-order valence-electron chi connectivity index (χ2n) is 4.86. The van der Waals surface area contributed by atoms with Crippen molar-refractivity contribution in [3.05, 3.63) is 58.6 Å². The summed E-state index contributed by atoms with van der Waals surface area (Å²) in [4.78, 5) is 2.27. The van der Waals surface area contributed by atoms with Gasteiger partial charge in [-0.15, -0.1) is 0 Å². The molecule has 0 bridgehead atoms. The van der Waals surface area contributed by atoms with Crippen molar-refractivity contribution >= 4 is 23.0 Å². The van der Waals surface area contributed by atoms with Crippen molar-refractivity contribution in [2.75, 3.05) is 18.5 Å². The molecule has 0 aliphatic heterocycles. The average Bonchev–Trinajstić information content (AvgIpc) is 2.43. The molecule has 0 aliphatic carbocycles. The van der Waals surface area contributed by atoms with Crippen molar-refractivity contribution < 1.29 is 0 Å². The lowest BCUT2D eigenvalue weighted by molar-refractivity contribution is 0.813. The first kappa shape index (κ1) is 14.9. The van der Waals surface area contributed by atoms with Gasteiger partial charge in [-0.2, -0.15) is 0 Å². The van der Waals surface area contributed by atoms with Crippen molar-refractivity contribution in [3.63, 3.8) is 0 Å². The van der Waals surface area contributed by atoms with Gasteiger partial charge in [0.15, 0.2) is 0 Å². The maximum absolute atomic E-state index is 6.46. The SMILES string of the molecule is CCN(c1cccc(C)c1)c1c(Cl)cccc1CNC. The summed E-state index contributed by atoms with van der Waals surface area (Å²) in [5.74, 6) is 0. The van der Waals surface area contributed by atoms with E-state index >= 15 is 0 Å². The van der Waals surface area contributed by atoms with E-state index in [4.69, 9.17) is 11.6 Å². The van der Waals surface area contributed by atoms with E-state index in [1.165, 1.54) is 16.8 Å². The molecule has 0 amide bonds. The number of benzene rings is 2. The molecule has 2 rings (SSSR count). The lowest BCUT2D eigenvalue weighted by Gasteiger charge is -2.27. The first-order valence-corrected chi connectivity index (χ1v) is 7.31. The Kier molecular flexibility index (Phi) is 5.05. The van der Waals surface area contributed by atoms with Crippen molar-refractivity contribution in [3.8, 4) is 0 Å². The average molecular weight is 289 g/mol. The second-order valence-corrected chi connectivity index (χ2v) is 5.27. The molecule has 0 spiro atoms. The Morgan fingerprint density at radius 2 is 1.90 bits per heavy atom. The molecule has 0 heterocycles. The topological polar surface area (TPSA) is 15.3 Å². The van der Waals surface area contributed by atoms with Gasteiger partial charge in [-0.3, -0.25) is 0 Å². The number of para-hydroxylation sites is 1. The monoisotopic (exact) mass is 288 g/mol. The molecular formula is C17H21ClN2. The Balaban J connectivity index is 2.51. The highest BCUT2D eigenvalue weighted by molar-refractivity contribution is 6.33. The molecule has 2 aromatic rings. The number of anilines is 2. The minimum absolute atomic E-state index is 0.793. The normalized spacial score (nSPS) is 10.6. The second kappa shape index (κ2) is 6.78. The Bertz CT molecular complexity index is 581. The minimum atomic E-state index is 0.793. The largest absolute Gasteiger partial charge is 0.340 e. The molecule has 0 aliphatic rings. The lowest BCUT2D eigenvalue weighted by Crippen LogP contribution is -2.20. The van der Waals surface area contributed by atoms with Gasteiger partial charge in [0.2, 0.25) is 0 Å². The summed E-state index contributed by atoms with van der Waals surface area (Å²) in [6.07, 6.45) is 0. The Labute approximate surface area is 126 Å². The molecule has 0 atom stereocenters. The molecule has 0 saturated carbocycles. The summed E-state index contributed by atoms with van der Waals surface area (Å²) >= 11 is 6.46. The zero-order valence-corrected chi connectivity index (χ0v) is 13.0. The maximum atomic E-state index is 6.46. The summed E-state index contributed by atoms with van der Waals surface area (Å²) in [5, 5.41) is 4.00. The van der Waals surface area contributed by atoms with Gasteiger partial charge < -0.3 is 10.2 Å². The van der Waals surface area contributed by atoms with Crippen LogP contribution in [0.4, 0.5) is 11.4 Å². The van der Waals surface area contributed by atoms with Gasteiger partial charge in [0.25, 0.3) is 0 Å². The zero-order chi connectivity index (χ0) is 14.5. The van der Waals surface area contributed by atoms with Crippen molar-refractivity contribution in [1.82, 2.24) is 5.32 Å². The molecule has 0 unspecified atom stereocenters.